The lowest BCUT2D eigenvalue weighted by Crippen LogP contribution is -2.47. The van der Waals surface area contributed by atoms with Crippen molar-refractivity contribution in [2.24, 2.45) is 0 Å². The number of nitrogens with one attached hydrogen (secondary N) is 1. The van der Waals surface area contributed by atoms with Crippen molar-refractivity contribution in [3.05, 3.63) is 89.8 Å². The van der Waals surface area contributed by atoms with Crippen molar-refractivity contribution >= 4 is 23.5 Å². The van der Waals surface area contributed by atoms with Gasteiger partial charge in [0.1, 0.15) is 17.6 Å². The van der Waals surface area contributed by atoms with E-state index in [0.717, 1.165) is 32.1 Å². The Labute approximate surface area is 214 Å². The van der Waals surface area contributed by atoms with Crippen LogP contribution >= 0.6 is 0 Å². The Morgan fingerprint density at radius 2 is 1.73 bits per heavy atom. The van der Waals surface area contributed by atoms with Gasteiger partial charge in [0, 0.05) is 24.1 Å². The van der Waals surface area contributed by atoms with Gasteiger partial charge in [0.25, 0.3) is 5.91 Å². The molecule has 1 heterocycles. The number of carbonyl (C=O) groups is 3. The zero-order valence-electron chi connectivity index (χ0n) is 20.6. The van der Waals surface area contributed by atoms with E-state index in [1.807, 2.05) is 0 Å². The zero-order valence-corrected chi connectivity index (χ0v) is 20.6. The number of esters is 1. The van der Waals surface area contributed by atoms with Crippen molar-refractivity contribution in [3.63, 3.8) is 0 Å². The van der Waals surface area contributed by atoms with Crippen molar-refractivity contribution in [1.82, 2.24) is 15.3 Å². The molecule has 9 heteroatoms. The summed E-state index contributed by atoms with van der Waals surface area (Å²) in [5, 5.41) is 3.10. The highest BCUT2D eigenvalue weighted by Gasteiger charge is 2.35. The maximum Gasteiger partial charge on any atom is 0.338 e. The molecule has 0 unspecified atom stereocenters. The summed E-state index contributed by atoms with van der Waals surface area (Å²) in [4.78, 5) is 49.3. The second kappa shape index (κ2) is 12.2. The highest BCUT2D eigenvalue weighted by atomic mass is 19.1. The summed E-state index contributed by atoms with van der Waals surface area (Å²) in [6.07, 6.45) is 9.03. The number of aromatic nitrogens is 2. The predicted octanol–water partition coefficient (Wildman–Crippen LogP) is 4.63. The fourth-order valence-electron chi connectivity index (χ4n) is 4.48. The Morgan fingerprint density at radius 1 is 1.03 bits per heavy atom. The number of ether oxygens (including phenoxy) is 1. The summed E-state index contributed by atoms with van der Waals surface area (Å²) in [5.41, 5.74) is 1.13. The van der Waals surface area contributed by atoms with Gasteiger partial charge in [-0.1, -0.05) is 31.4 Å². The maximum atomic E-state index is 13.8. The van der Waals surface area contributed by atoms with Crippen LogP contribution in [0.15, 0.2) is 67.1 Å². The molecular weight excluding hydrogens is 475 g/mol. The van der Waals surface area contributed by atoms with E-state index in [0.29, 0.717) is 16.8 Å². The summed E-state index contributed by atoms with van der Waals surface area (Å²) in [6.45, 7) is 1.94. The Morgan fingerprint density at radius 3 is 2.35 bits per heavy atom. The average molecular weight is 505 g/mol. The van der Waals surface area contributed by atoms with Crippen molar-refractivity contribution in [3.8, 4) is 0 Å². The van der Waals surface area contributed by atoms with Gasteiger partial charge < -0.3 is 10.1 Å². The summed E-state index contributed by atoms with van der Waals surface area (Å²) in [6, 6.07) is 10.6. The molecule has 2 amide bonds. The molecule has 0 aliphatic heterocycles. The molecule has 4 rings (SSSR count). The zero-order chi connectivity index (χ0) is 26.2. The van der Waals surface area contributed by atoms with Gasteiger partial charge in [-0.3, -0.25) is 19.5 Å². The molecule has 0 radical (unpaired) electrons. The molecular formula is C28H29FN4O4. The SMILES string of the molecule is CCOC(=O)c1ccc(N(C(=O)c2cnccn2)[C@@H](C(=O)NC2CCCCC2)c2ccc(F)cc2)cc1. The third-order valence-electron chi connectivity index (χ3n) is 6.30. The Bertz CT molecular complexity index is 1210. The number of anilines is 1. The van der Waals surface area contributed by atoms with Crippen LogP contribution in [0.3, 0.4) is 0 Å². The second-order valence-electron chi connectivity index (χ2n) is 8.83. The number of hydrogen-bond donors (Lipinski definition) is 1. The lowest BCUT2D eigenvalue weighted by molar-refractivity contribution is -0.123. The number of amides is 2. The topological polar surface area (TPSA) is 101 Å². The molecule has 0 spiro atoms. The van der Waals surface area contributed by atoms with Gasteiger partial charge >= 0.3 is 5.97 Å². The first-order valence-electron chi connectivity index (χ1n) is 12.4. The summed E-state index contributed by atoms with van der Waals surface area (Å²) >= 11 is 0. The van der Waals surface area contributed by atoms with E-state index in [1.165, 1.54) is 59.9 Å². The van der Waals surface area contributed by atoms with Crippen molar-refractivity contribution in [2.75, 3.05) is 11.5 Å². The monoisotopic (exact) mass is 504 g/mol. The van der Waals surface area contributed by atoms with E-state index in [-0.39, 0.29) is 24.2 Å². The van der Waals surface area contributed by atoms with E-state index in [2.05, 4.69) is 15.3 Å². The number of nitrogens with zero attached hydrogens (tertiary/aromatic N) is 3. The van der Waals surface area contributed by atoms with Crippen LogP contribution in [-0.4, -0.2) is 40.4 Å². The van der Waals surface area contributed by atoms with Gasteiger partial charge in [-0.05, 0) is 61.7 Å². The van der Waals surface area contributed by atoms with E-state index < -0.39 is 23.7 Å². The Balaban J connectivity index is 1.78. The first kappa shape index (κ1) is 25.9. The minimum atomic E-state index is -1.12. The van der Waals surface area contributed by atoms with Gasteiger partial charge in [0.05, 0.1) is 18.4 Å². The third-order valence-corrected chi connectivity index (χ3v) is 6.30. The largest absolute Gasteiger partial charge is 0.462 e. The average Bonchev–Trinajstić information content (AvgIpc) is 2.93. The van der Waals surface area contributed by atoms with Gasteiger partial charge in [-0.15, -0.1) is 0 Å². The van der Waals surface area contributed by atoms with Crippen LogP contribution in [0.1, 0.15) is 71.5 Å². The maximum absolute atomic E-state index is 13.8. The number of benzene rings is 2. The molecule has 1 aliphatic carbocycles. The summed E-state index contributed by atoms with van der Waals surface area (Å²) < 4.78 is 18.9. The first-order valence-corrected chi connectivity index (χ1v) is 12.4. The molecule has 1 saturated carbocycles. The minimum Gasteiger partial charge on any atom is -0.462 e. The van der Waals surface area contributed by atoms with Gasteiger partial charge in [0.15, 0.2) is 0 Å². The van der Waals surface area contributed by atoms with Crippen LogP contribution in [-0.2, 0) is 9.53 Å². The molecule has 2 aromatic carbocycles. The predicted molar refractivity (Wildman–Crippen MR) is 135 cm³/mol. The number of carbonyl (C=O) groups excluding carboxylic acids is 3. The summed E-state index contributed by atoms with van der Waals surface area (Å²) in [5.74, 6) is -1.90. The summed E-state index contributed by atoms with van der Waals surface area (Å²) in [7, 11) is 0. The fourth-order valence-corrected chi connectivity index (χ4v) is 4.48. The molecule has 37 heavy (non-hydrogen) atoms. The van der Waals surface area contributed by atoms with E-state index in [9.17, 15) is 18.8 Å². The van der Waals surface area contributed by atoms with Crippen LogP contribution in [0.5, 0.6) is 0 Å². The van der Waals surface area contributed by atoms with Crippen molar-refractivity contribution in [1.29, 1.82) is 0 Å². The minimum absolute atomic E-state index is 0.0103. The Kier molecular flexibility index (Phi) is 8.56. The lowest BCUT2D eigenvalue weighted by Gasteiger charge is -2.33. The molecule has 192 valence electrons. The molecule has 8 nitrogen and oxygen atoms in total. The molecule has 0 bridgehead atoms. The molecule has 1 N–H and O–H groups in total. The lowest BCUT2D eigenvalue weighted by atomic mass is 9.94. The van der Waals surface area contributed by atoms with Crippen LogP contribution in [0.2, 0.25) is 0 Å². The number of rotatable bonds is 8. The fraction of sp³-hybridized carbons (Fsp3) is 0.321. The Hall–Kier alpha value is -4.14. The third kappa shape index (κ3) is 6.35. The van der Waals surface area contributed by atoms with E-state index in [4.69, 9.17) is 4.74 Å². The van der Waals surface area contributed by atoms with Crippen LogP contribution in [0, 0.1) is 5.82 Å². The van der Waals surface area contributed by atoms with Gasteiger partial charge in [-0.2, -0.15) is 0 Å². The highest BCUT2D eigenvalue weighted by Crippen LogP contribution is 2.31. The van der Waals surface area contributed by atoms with E-state index >= 15 is 0 Å². The highest BCUT2D eigenvalue weighted by molar-refractivity contribution is 6.09. The molecule has 3 aromatic rings. The smallest absolute Gasteiger partial charge is 0.338 e. The normalized spacial score (nSPS) is 14.4. The molecule has 1 aromatic heterocycles. The molecule has 1 fully saturated rings. The number of hydrogen-bond acceptors (Lipinski definition) is 6. The standard InChI is InChI=1S/C28H29FN4O4/c1-2-37-28(36)20-10-14-23(15-11-20)33(27(35)24-18-30-16-17-31-24)25(19-8-12-21(29)13-9-19)26(34)32-22-6-4-3-5-7-22/h8-18,22,25H,2-7H2,1H3,(H,32,34)/t25-/m1/s1. The van der Waals surface area contributed by atoms with Crippen molar-refractivity contribution in [2.45, 2.75) is 51.1 Å². The quantitative estimate of drug-likeness (QED) is 0.449. The van der Waals surface area contributed by atoms with Crippen LogP contribution < -0.4 is 10.2 Å². The van der Waals surface area contributed by atoms with E-state index in [1.54, 1.807) is 19.1 Å². The second-order valence-corrected chi connectivity index (χ2v) is 8.83. The van der Waals surface area contributed by atoms with Crippen LogP contribution in [0.4, 0.5) is 10.1 Å². The number of halogens is 1. The molecule has 0 saturated heterocycles. The van der Waals surface area contributed by atoms with Crippen molar-refractivity contribution < 1.29 is 23.5 Å². The van der Waals surface area contributed by atoms with Gasteiger partial charge in [-0.25, -0.2) is 14.2 Å². The molecule has 1 aliphatic rings. The first-order chi connectivity index (χ1) is 18.0. The van der Waals surface area contributed by atoms with Crippen LogP contribution in [0.25, 0.3) is 0 Å². The molecule has 1 atom stereocenters. The van der Waals surface area contributed by atoms with Gasteiger partial charge in [0.2, 0.25) is 5.91 Å².